The number of nitrogens with zero attached hydrogens (tertiary/aromatic N) is 4. The molecular weight excluding hydrogens is 358 g/mol. The standard InChI is InChI=1S/C20H15N5O3/c1-28-15-9-10(8-14(26)19(15)27)16-12-6-7-25-18(12)17(23-20(21)24-25)11-4-2-3-5-13(11)22-16/h2-9,26-27H,1H3,(H2,21,24). The van der Waals surface area contributed by atoms with E-state index < -0.39 is 0 Å². The highest BCUT2D eigenvalue weighted by atomic mass is 16.5. The number of ether oxygens (including phenoxy) is 1. The van der Waals surface area contributed by atoms with Crippen molar-refractivity contribution >= 4 is 22.9 Å². The molecule has 0 radical (unpaired) electrons. The molecule has 0 unspecified atom stereocenters. The number of benzene rings is 2. The number of aromatic hydroxyl groups is 2. The second-order valence-corrected chi connectivity index (χ2v) is 6.36. The van der Waals surface area contributed by atoms with Crippen molar-refractivity contribution in [3.05, 3.63) is 59.8 Å². The van der Waals surface area contributed by atoms with Gasteiger partial charge in [-0.2, -0.15) is 0 Å². The number of aromatic nitrogens is 3. The highest BCUT2D eigenvalue weighted by Gasteiger charge is 2.24. The molecule has 1 aliphatic rings. The van der Waals surface area contributed by atoms with E-state index in [0.29, 0.717) is 22.7 Å². The van der Waals surface area contributed by atoms with Gasteiger partial charge >= 0.3 is 0 Å². The van der Waals surface area contributed by atoms with Crippen LogP contribution in [-0.4, -0.2) is 37.6 Å². The molecule has 4 aromatic rings. The Hall–Kier alpha value is -4.07. The van der Waals surface area contributed by atoms with E-state index >= 15 is 0 Å². The van der Waals surface area contributed by atoms with Gasteiger partial charge in [0.15, 0.2) is 11.5 Å². The lowest BCUT2D eigenvalue weighted by Crippen LogP contribution is -2.06. The maximum absolute atomic E-state index is 10.2. The molecule has 4 N–H and O–H groups in total. The van der Waals surface area contributed by atoms with Crippen molar-refractivity contribution in [2.45, 2.75) is 0 Å². The summed E-state index contributed by atoms with van der Waals surface area (Å²) in [5, 5.41) is 24.4. The van der Waals surface area contributed by atoms with E-state index in [4.69, 9.17) is 15.5 Å². The fourth-order valence-corrected chi connectivity index (χ4v) is 3.48. The van der Waals surface area contributed by atoms with Gasteiger partial charge in [0.1, 0.15) is 11.2 Å². The molecule has 0 saturated heterocycles. The molecule has 5 rings (SSSR count). The van der Waals surface area contributed by atoms with Crippen LogP contribution >= 0.6 is 0 Å². The van der Waals surface area contributed by atoms with Gasteiger partial charge in [0.25, 0.3) is 0 Å². The van der Waals surface area contributed by atoms with Crippen LogP contribution in [0.25, 0.3) is 16.8 Å². The van der Waals surface area contributed by atoms with Crippen LogP contribution in [0.2, 0.25) is 0 Å². The summed E-state index contributed by atoms with van der Waals surface area (Å²) < 4.78 is 6.86. The number of phenols is 2. The van der Waals surface area contributed by atoms with Crippen LogP contribution in [-0.2, 0) is 0 Å². The Kier molecular flexibility index (Phi) is 3.29. The normalized spacial score (nSPS) is 12.4. The molecule has 28 heavy (non-hydrogen) atoms. The predicted molar refractivity (Wildman–Crippen MR) is 104 cm³/mol. The molecule has 3 heterocycles. The smallest absolute Gasteiger partial charge is 0.238 e. The number of fused-ring (bicyclic) bond motifs is 2. The molecule has 2 aromatic carbocycles. The zero-order chi connectivity index (χ0) is 19.4. The molecule has 0 saturated carbocycles. The van der Waals surface area contributed by atoms with E-state index in [2.05, 4.69) is 10.1 Å². The number of nitrogens with two attached hydrogens (primary N) is 1. The van der Waals surface area contributed by atoms with Gasteiger partial charge in [-0.25, -0.2) is 14.5 Å². The van der Waals surface area contributed by atoms with Crippen molar-refractivity contribution < 1.29 is 14.9 Å². The quantitative estimate of drug-likeness (QED) is 0.410. The topological polar surface area (TPSA) is 118 Å². The summed E-state index contributed by atoms with van der Waals surface area (Å²) in [5.41, 5.74) is 10.8. The van der Waals surface area contributed by atoms with Gasteiger partial charge in [-0.15, -0.1) is 5.10 Å². The third-order valence-electron chi connectivity index (χ3n) is 4.72. The van der Waals surface area contributed by atoms with E-state index in [0.717, 1.165) is 16.6 Å². The predicted octanol–water partition coefficient (Wildman–Crippen LogP) is 2.88. The number of methoxy groups -OCH3 is 1. The van der Waals surface area contributed by atoms with Crippen molar-refractivity contribution in [3.63, 3.8) is 0 Å². The van der Waals surface area contributed by atoms with E-state index in [1.54, 1.807) is 16.8 Å². The summed E-state index contributed by atoms with van der Waals surface area (Å²) in [6.45, 7) is 0. The monoisotopic (exact) mass is 373 g/mol. The Morgan fingerprint density at radius 2 is 1.89 bits per heavy atom. The molecule has 0 atom stereocenters. The fourth-order valence-electron chi connectivity index (χ4n) is 3.48. The van der Waals surface area contributed by atoms with Gasteiger partial charge in [-0.1, -0.05) is 18.2 Å². The fraction of sp³-hybridized carbons (Fsp3) is 0.0500. The summed E-state index contributed by atoms with van der Waals surface area (Å²) in [6, 6.07) is 12.6. The van der Waals surface area contributed by atoms with Crippen molar-refractivity contribution in [3.8, 4) is 28.5 Å². The molecule has 138 valence electrons. The minimum Gasteiger partial charge on any atom is -0.504 e. The Bertz CT molecular complexity index is 1290. The van der Waals surface area contributed by atoms with E-state index in [-0.39, 0.29) is 23.2 Å². The van der Waals surface area contributed by atoms with Gasteiger partial charge in [-0.3, -0.25) is 0 Å². The van der Waals surface area contributed by atoms with Crippen molar-refractivity contribution in [2.75, 3.05) is 12.8 Å². The zero-order valence-corrected chi connectivity index (χ0v) is 14.8. The van der Waals surface area contributed by atoms with Crippen molar-refractivity contribution in [2.24, 2.45) is 4.99 Å². The number of rotatable bonds is 2. The second kappa shape index (κ2) is 5.71. The third-order valence-corrected chi connectivity index (χ3v) is 4.72. The molecule has 0 aliphatic carbocycles. The third kappa shape index (κ3) is 2.21. The largest absolute Gasteiger partial charge is 0.504 e. The van der Waals surface area contributed by atoms with Gasteiger partial charge in [0.2, 0.25) is 11.7 Å². The Morgan fingerprint density at radius 3 is 2.71 bits per heavy atom. The first-order valence-corrected chi connectivity index (χ1v) is 8.50. The van der Waals surface area contributed by atoms with E-state index in [1.165, 1.54) is 13.2 Å². The maximum atomic E-state index is 10.2. The van der Waals surface area contributed by atoms with Crippen LogP contribution in [0.5, 0.6) is 17.2 Å². The SMILES string of the molecule is COc1cc(C2=Nc3ccccc3-c3nc(N)nn4ccc2c34)cc(O)c1O. The van der Waals surface area contributed by atoms with Crippen LogP contribution in [0.4, 0.5) is 11.6 Å². The van der Waals surface area contributed by atoms with Crippen LogP contribution in [0.1, 0.15) is 11.1 Å². The minimum absolute atomic E-state index is 0.152. The Labute approximate surface area is 159 Å². The summed E-state index contributed by atoms with van der Waals surface area (Å²) in [4.78, 5) is 9.30. The first-order chi connectivity index (χ1) is 13.6. The number of nitrogen functional groups attached to an aromatic ring is 1. The van der Waals surface area contributed by atoms with Crippen molar-refractivity contribution in [1.29, 1.82) is 0 Å². The average Bonchev–Trinajstić information content (AvgIpc) is 3.05. The number of hydrogen-bond donors (Lipinski definition) is 3. The highest BCUT2D eigenvalue weighted by Crippen LogP contribution is 2.41. The van der Waals surface area contributed by atoms with E-state index in [9.17, 15) is 10.2 Å². The number of hydrogen-bond acceptors (Lipinski definition) is 7. The maximum Gasteiger partial charge on any atom is 0.238 e. The van der Waals surface area contributed by atoms with Crippen LogP contribution in [0.3, 0.4) is 0 Å². The first kappa shape index (κ1) is 16.1. The second-order valence-electron chi connectivity index (χ2n) is 6.36. The highest BCUT2D eigenvalue weighted by molar-refractivity contribution is 6.21. The number of para-hydroxylation sites is 1. The minimum atomic E-state index is -0.320. The molecule has 0 amide bonds. The van der Waals surface area contributed by atoms with Gasteiger partial charge < -0.3 is 20.7 Å². The number of aliphatic imine (C=N–C) groups is 1. The summed E-state index contributed by atoms with van der Waals surface area (Å²) >= 11 is 0. The molecule has 2 aromatic heterocycles. The summed E-state index contributed by atoms with van der Waals surface area (Å²) in [7, 11) is 1.42. The Balaban J connectivity index is 1.89. The molecule has 0 spiro atoms. The zero-order valence-electron chi connectivity index (χ0n) is 14.8. The van der Waals surface area contributed by atoms with Crippen LogP contribution in [0.15, 0.2) is 53.7 Å². The number of anilines is 1. The molecule has 1 aliphatic heterocycles. The van der Waals surface area contributed by atoms with Crippen molar-refractivity contribution in [1.82, 2.24) is 14.6 Å². The molecule has 8 nitrogen and oxygen atoms in total. The molecule has 8 heteroatoms. The average molecular weight is 373 g/mol. The summed E-state index contributed by atoms with van der Waals surface area (Å²) in [6.07, 6.45) is 1.78. The molecular formula is C20H15N5O3. The van der Waals surface area contributed by atoms with E-state index in [1.807, 2.05) is 30.3 Å². The van der Waals surface area contributed by atoms with Gasteiger partial charge in [-0.05, 0) is 24.3 Å². The van der Waals surface area contributed by atoms with Gasteiger partial charge in [0, 0.05) is 22.9 Å². The van der Waals surface area contributed by atoms with Crippen LogP contribution in [0, 0.1) is 0 Å². The Morgan fingerprint density at radius 1 is 1.07 bits per heavy atom. The first-order valence-electron chi connectivity index (χ1n) is 8.50. The number of phenolic OH excluding ortho intramolecular Hbond substituents is 2. The van der Waals surface area contributed by atoms with Crippen LogP contribution < -0.4 is 10.5 Å². The lowest BCUT2D eigenvalue weighted by Gasteiger charge is -2.10. The summed E-state index contributed by atoms with van der Waals surface area (Å²) in [5.74, 6) is -0.301. The lowest BCUT2D eigenvalue weighted by atomic mass is 10.0. The van der Waals surface area contributed by atoms with Gasteiger partial charge in [0.05, 0.1) is 18.5 Å². The molecule has 0 fully saturated rings. The lowest BCUT2D eigenvalue weighted by molar-refractivity contribution is 0.351. The molecule has 0 bridgehead atoms.